The summed E-state index contributed by atoms with van der Waals surface area (Å²) in [4.78, 5) is 22.6. The number of nitrogens with one attached hydrogen (secondary N) is 2. The minimum absolute atomic E-state index is 0.0168. The molecule has 0 radical (unpaired) electrons. The van der Waals surface area contributed by atoms with Crippen molar-refractivity contribution in [3.8, 4) is 0 Å². The highest BCUT2D eigenvalue weighted by atomic mass is 19.4. The van der Waals surface area contributed by atoms with Gasteiger partial charge in [-0.3, -0.25) is 9.59 Å². The van der Waals surface area contributed by atoms with E-state index < -0.39 is 29.8 Å². The topological polar surface area (TPSA) is 78.4 Å². The zero-order valence-electron chi connectivity index (χ0n) is 9.26. The average Bonchev–Trinajstić information content (AvgIpc) is 2.11. The minimum atomic E-state index is -5.25. The molecule has 0 aliphatic carbocycles. The average molecular weight is 254 g/mol. The number of rotatable bonds is 2. The number of hydrogen-bond donors (Lipinski definition) is 3. The van der Waals surface area contributed by atoms with Crippen LogP contribution in [0, 0.1) is 5.92 Å². The van der Waals surface area contributed by atoms with Gasteiger partial charge < -0.3 is 15.7 Å². The molecular formula is C9H13F3N2O3. The number of halogens is 3. The number of amides is 2. The van der Waals surface area contributed by atoms with Crippen molar-refractivity contribution in [1.82, 2.24) is 10.6 Å². The summed E-state index contributed by atoms with van der Waals surface area (Å²) in [5.41, 5.74) is -3.84. The summed E-state index contributed by atoms with van der Waals surface area (Å²) in [5.74, 6) is -2.68. The van der Waals surface area contributed by atoms with Gasteiger partial charge in [-0.1, -0.05) is 13.8 Å². The van der Waals surface area contributed by atoms with E-state index in [1.54, 1.807) is 13.8 Å². The predicted octanol–water partition coefficient (Wildman–Crippen LogP) is -0.102. The molecule has 5 nitrogen and oxygen atoms in total. The summed E-state index contributed by atoms with van der Waals surface area (Å²) in [6.45, 7) is 3.51. The number of piperazine rings is 1. The maximum atomic E-state index is 12.4. The van der Waals surface area contributed by atoms with Crippen LogP contribution < -0.4 is 10.6 Å². The Bertz CT molecular complexity index is 343. The van der Waals surface area contributed by atoms with Gasteiger partial charge in [-0.05, 0) is 12.3 Å². The first-order valence-electron chi connectivity index (χ1n) is 5.00. The molecule has 17 heavy (non-hydrogen) atoms. The second-order valence-electron chi connectivity index (χ2n) is 4.35. The normalized spacial score (nSPS) is 30.2. The summed E-state index contributed by atoms with van der Waals surface area (Å²) >= 11 is 0. The molecule has 1 aliphatic rings. The Morgan fingerprint density at radius 1 is 1.41 bits per heavy atom. The molecule has 1 fully saturated rings. The number of hydrogen-bond acceptors (Lipinski definition) is 3. The van der Waals surface area contributed by atoms with Crippen molar-refractivity contribution in [2.24, 2.45) is 5.92 Å². The van der Waals surface area contributed by atoms with Gasteiger partial charge >= 0.3 is 11.9 Å². The SMILES string of the molecule is CC(C)C[C@@H]1NC(=O)[C@@](O)(C(F)(F)F)NC1=O. The highest BCUT2D eigenvalue weighted by molar-refractivity contribution is 5.99. The minimum Gasteiger partial charge on any atom is -0.356 e. The first kappa shape index (κ1) is 13.8. The van der Waals surface area contributed by atoms with E-state index in [1.807, 2.05) is 5.32 Å². The smallest absolute Gasteiger partial charge is 0.356 e. The third-order valence-electron chi connectivity index (χ3n) is 2.37. The number of alkyl halides is 3. The molecule has 0 aromatic rings. The van der Waals surface area contributed by atoms with Gasteiger partial charge in [-0.2, -0.15) is 13.2 Å². The summed E-state index contributed by atoms with van der Waals surface area (Å²) in [7, 11) is 0. The lowest BCUT2D eigenvalue weighted by Crippen LogP contribution is -2.75. The van der Waals surface area contributed by atoms with Crippen LogP contribution >= 0.6 is 0 Å². The van der Waals surface area contributed by atoms with Gasteiger partial charge in [0.2, 0.25) is 5.91 Å². The van der Waals surface area contributed by atoms with Crippen molar-refractivity contribution in [3.05, 3.63) is 0 Å². The van der Waals surface area contributed by atoms with Crippen LogP contribution in [0.4, 0.5) is 13.2 Å². The number of carbonyl (C=O) groups excluding carboxylic acids is 2. The molecule has 98 valence electrons. The van der Waals surface area contributed by atoms with Gasteiger partial charge in [0.05, 0.1) is 0 Å². The van der Waals surface area contributed by atoms with Gasteiger partial charge in [0, 0.05) is 0 Å². The van der Waals surface area contributed by atoms with E-state index in [0.29, 0.717) is 0 Å². The molecule has 1 rings (SSSR count). The summed E-state index contributed by atoms with van der Waals surface area (Å²) in [6, 6.07) is -1.05. The fourth-order valence-electron chi connectivity index (χ4n) is 1.49. The zero-order chi connectivity index (χ0) is 13.4. The number of aliphatic hydroxyl groups is 1. The van der Waals surface area contributed by atoms with Crippen LogP contribution in [0.2, 0.25) is 0 Å². The molecule has 2 amide bonds. The highest BCUT2D eigenvalue weighted by Gasteiger charge is 2.63. The summed E-state index contributed by atoms with van der Waals surface area (Å²) < 4.78 is 37.2. The molecule has 3 N–H and O–H groups in total. The second kappa shape index (κ2) is 4.17. The maximum Gasteiger partial charge on any atom is 0.446 e. The fourth-order valence-corrected chi connectivity index (χ4v) is 1.49. The lowest BCUT2D eigenvalue weighted by Gasteiger charge is -2.37. The van der Waals surface area contributed by atoms with Crippen LogP contribution in [0.25, 0.3) is 0 Å². The van der Waals surface area contributed by atoms with Crippen molar-refractivity contribution >= 4 is 11.8 Å². The molecule has 0 bridgehead atoms. The lowest BCUT2D eigenvalue weighted by atomic mass is 9.98. The van der Waals surface area contributed by atoms with Gasteiger partial charge in [-0.15, -0.1) is 0 Å². The van der Waals surface area contributed by atoms with E-state index in [-0.39, 0.29) is 12.3 Å². The van der Waals surface area contributed by atoms with Crippen LogP contribution in [0.15, 0.2) is 0 Å². The Morgan fingerprint density at radius 2 is 1.94 bits per heavy atom. The third-order valence-corrected chi connectivity index (χ3v) is 2.37. The first-order valence-corrected chi connectivity index (χ1v) is 5.00. The molecule has 1 heterocycles. The fraction of sp³-hybridized carbons (Fsp3) is 0.778. The molecule has 0 aromatic heterocycles. The largest absolute Gasteiger partial charge is 0.446 e. The van der Waals surface area contributed by atoms with Crippen molar-refractivity contribution in [2.75, 3.05) is 0 Å². The Morgan fingerprint density at radius 3 is 2.35 bits per heavy atom. The standard InChI is InChI=1S/C9H13F3N2O3/c1-4(2)3-5-6(15)14-8(17,7(16)13-5)9(10,11)12/h4-5,17H,3H2,1-2H3,(H,13,16)(H,14,15)/t5-,8+/m0/s1. The van der Waals surface area contributed by atoms with Crippen molar-refractivity contribution in [2.45, 2.75) is 38.2 Å². The van der Waals surface area contributed by atoms with E-state index >= 15 is 0 Å². The first-order chi connectivity index (χ1) is 7.58. The van der Waals surface area contributed by atoms with Crippen LogP contribution in [0.3, 0.4) is 0 Å². The van der Waals surface area contributed by atoms with Crippen LogP contribution in [-0.2, 0) is 9.59 Å². The van der Waals surface area contributed by atoms with Crippen molar-refractivity contribution in [3.63, 3.8) is 0 Å². The van der Waals surface area contributed by atoms with E-state index in [0.717, 1.165) is 0 Å². The van der Waals surface area contributed by atoms with Crippen LogP contribution in [0.1, 0.15) is 20.3 Å². The van der Waals surface area contributed by atoms with Crippen LogP contribution in [0.5, 0.6) is 0 Å². The van der Waals surface area contributed by atoms with Crippen LogP contribution in [-0.4, -0.2) is 34.9 Å². The molecule has 1 aliphatic heterocycles. The van der Waals surface area contributed by atoms with Gasteiger partial charge in [0.15, 0.2) is 0 Å². The predicted molar refractivity (Wildman–Crippen MR) is 50.5 cm³/mol. The van der Waals surface area contributed by atoms with Crippen molar-refractivity contribution in [1.29, 1.82) is 0 Å². The Labute approximate surface area is 95.4 Å². The molecule has 2 atom stereocenters. The molecule has 0 aromatic carbocycles. The Kier molecular flexibility index (Phi) is 3.37. The lowest BCUT2D eigenvalue weighted by molar-refractivity contribution is -0.264. The van der Waals surface area contributed by atoms with Gasteiger partial charge in [-0.25, -0.2) is 0 Å². The Balaban J connectivity index is 2.88. The number of carbonyl (C=O) groups is 2. The quantitative estimate of drug-likeness (QED) is 0.643. The van der Waals surface area contributed by atoms with E-state index in [2.05, 4.69) is 0 Å². The van der Waals surface area contributed by atoms with Gasteiger partial charge in [0.25, 0.3) is 5.91 Å². The highest BCUT2D eigenvalue weighted by Crippen LogP contribution is 2.30. The van der Waals surface area contributed by atoms with E-state index in [4.69, 9.17) is 5.11 Å². The van der Waals surface area contributed by atoms with Gasteiger partial charge in [0.1, 0.15) is 6.04 Å². The summed E-state index contributed by atoms with van der Waals surface area (Å²) in [6.07, 6.45) is -5.05. The van der Waals surface area contributed by atoms with E-state index in [1.165, 1.54) is 5.32 Å². The molecule has 0 unspecified atom stereocenters. The summed E-state index contributed by atoms with van der Waals surface area (Å²) in [5, 5.41) is 12.3. The third kappa shape index (κ3) is 2.51. The van der Waals surface area contributed by atoms with Crippen molar-refractivity contribution < 1.29 is 27.9 Å². The Hall–Kier alpha value is -1.31. The molecule has 1 saturated heterocycles. The molecule has 0 spiro atoms. The molecular weight excluding hydrogens is 241 g/mol. The monoisotopic (exact) mass is 254 g/mol. The maximum absolute atomic E-state index is 12.4. The molecule has 0 saturated carbocycles. The zero-order valence-corrected chi connectivity index (χ0v) is 9.26. The second-order valence-corrected chi connectivity index (χ2v) is 4.35. The van der Waals surface area contributed by atoms with E-state index in [9.17, 15) is 22.8 Å². The molecule has 8 heteroatoms.